The molecule has 0 N–H and O–H groups in total. The summed E-state index contributed by atoms with van der Waals surface area (Å²) < 4.78 is 1.82. The first-order valence-electron chi connectivity index (χ1n) is 8.26. The summed E-state index contributed by atoms with van der Waals surface area (Å²) in [6, 6.07) is 6.05. The maximum absolute atomic E-state index is 12.6. The van der Waals surface area contributed by atoms with Crippen LogP contribution in [0.5, 0.6) is 0 Å². The molecule has 0 aromatic carbocycles. The number of rotatable bonds is 8. The van der Waals surface area contributed by atoms with Gasteiger partial charge in [0.05, 0.1) is 6.04 Å². The van der Waals surface area contributed by atoms with Gasteiger partial charge < -0.3 is 4.90 Å². The number of carbonyl (C=O) groups is 1. The number of unbranched alkanes of at least 4 members (excludes halogenated alkanes) is 1. The van der Waals surface area contributed by atoms with Gasteiger partial charge in [0.2, 0.25) is 5.91 Å². The van der Waals surface area contributed by atoms with E-state index < -0.39 is 0 Å². The second-order valence-electron chi connectivity index (χ2n) is 5.90. The minimum absolute atomic E-state index is 0.0997. The van der Waals surface area contributed by atoms with Crippen LogP contribution < -0.4 is 0 Å². The average Bonchev–Trinajstić information content (AvgIpc) is 2.99. The predicted molar refractivity (Wildman–Crippen MR) is 90.8 cm³/mol. The fourth-order valence-electron chi connectivity index (χ4n) is 2.79. The number of nitrogens with zero attached hydrogens (tertiary/aromatic N) is 4. The Morgan fingerprint density at radius 3 is 2.78 bits per heavy atom. The van der Waals surface area contributed by atoms with Crippen LogP contribution in [0, 0.1) is 0 Å². The minimum atomic E-state index is 0.0997. The summed E-state index contributed by atoms with van der Waals surface area (Å²) in [4.78, 5) is 18.7. The number of hydrogen-bond acceptors (Lipinski definition) is 3. The fourth-order valence-corrected chi connectivity index (χ4v) is 2.79. The normalized spacial score (nSPS) is 12.1. The maximum Gasteiger partial charge on any atom is 0.223 e. The van der Waals surface area contributed by atoms with Crippen LogP contribution >= 0.6 is 0 Å². The van der Waals surface area contributed by atoms with E-state index in [-0.39, 0.29) is 11.9 Å². The van der Waals surface area contributed by atoms with E-state index in [0.29, 0.717) is 12.8 Å². The van der Waals surface area contributed by atoms with Gasteiger partial charge in [-0.2, -0.15) is 5.10 Å². The Morgan fingerprint density at radius 1 is 1.35 bits per heavy atom. The highest BCUT2D eigenvalue weighted by Crippen LogP contribution is 2.25. The number of aromatic nitrogens is 3. The van der Waals surface area contributed by atoms with Crippen LogP contribution in [-0.2, 0) is 18.3 Å². The highest BCUT2D eigenvalue weighted by molar-refractivity contribution is 5.76. The molecule has 0 saturated carbocycles. The van der Waals surface area contributed by atoms with Crippen LogP contribution in [0.4, 0.5) is 0 Å². The molecule has 2 aromatic rings. The van der Waals surface area contributed by atoms with E-state index in [1.54, 1.807) is 12.4 Å². The second kappa shape index (κ2) is 8.46. The van der Waals surface area contributed by atoms with Crippen LogP contribution in [0.15, 0.2) is 36.8 Å². The van der Waals surface area contributed by atoms with E-state index in [0.717, 1.165) is 30.5 Å². The van der Waals surface area contributed by atoms with Crippen molar-refractivity contribution < 1.29 is 4.79 Å². The van der Waals surface area contributed by atoms with E-state index in [1.807, 2.05) is 42.0 Å². The lowest BCUT2D eigenvalue weighted by Gasteiger charge is -2.28. The first kappa shape index (κ1) is 17.2. The average molecular weight is 314 g/mol. The highest BCUT2D eigenvalue weighted by Gasteiger charge is 2.21. The zero-order valence-corrected chi connectivity index (χ0v) is 14.3. The third-order valence-electron chi connectivity index (χ3n) is 4.28. The molecule has 5 nitrogen and oxygen atoms in total. The molecule has 0 aliphatic heterocycles. The summed E-state index contributed by atoms with van der Waals surface area (Å²) in [6.07, 6.45) is 9.80. The van der Waals surface area contributed by atoms with Gasteiger partial charge in [0.25, 0.3) is 0 Å². The molecule has 0 bridgehead atoms. The van der Waals surface area contributed by atoms with Gasteiger partial charge in [0, 0.05) is 44.8 Å². The zero-order valence-electron chi connectivity index (χ0n) is 14.3. The van der Waals surface area contributed by atoms with E-state index in [9.17, 15) is 4.79 Å². The van der Waals surface area contributed by atoms with Crippen molar-refractivity contribution in [3.63, 3.8) is 0 Å². The maximum atomic E-state index is 12.6. The van der Waals surface area contributed by atoms with Gasteiger partial charge in [0.15, 0.2) is 0 Å². The lowest BCUT2D eigenvalue weighted by Crippen LogP contribution is -2.31. The van der Waals surface area contributed by atoms with Crippen LogP contribution in [0.25, 0.3) is 0 Å². The van der Waals surface area contributed by atoms with Crippen molar-refractivity contribution in [3.05, 3.63) is 48.0 Å². The monoisotopic (exact) mass is 314 g/mol. The standard InChI is InChI=1S/C18H26N4O/c1-4-5-8-17(15-7-6-12-19-14-15)21(2)18(23)10-9-16-11-13-20-22(16)3/h6-7,11-14,17H,4-5,8-10H2,1-3H3/t17-/m1/s1. The highest BCUT2D eigenvalue weighted by atomic mass is 16.2. The molecule has 1 atom stereocenters. The summed E-state index contributed by atoms with van der Waals surface area (Å²) in [5.74, 6) is 0.163. The molecular weight excluding hydrogens is 288 g/mol. The summed E-state index contributed by atoms with van der Waals surface area (Å²) in [5.41, 5.74) is 2.19. The van der Waals surface area contributed by atoms with Crippen molar-refractivity contribution >= 4 is 5.91 Å². The molecule has 0 saturated heterocycles. The van der Waals surface area contributed by atoms with Gasteiger partial charge in [-0.25, -0.2) is 0 Å². The molecule has 1 amide bonds. The van der Waals surface area contributed by atoms with Gasteiger partial charge in [0.1, 0.15) is 0 Å². The van der Waals surface area contributed by atoms with E-state index in [2.05, 4.69) is 23.1 Å². The Balaban J connectivity index is 2.02. The van der Waals surface area contributed by atoms with Gasteiger partial charge >= 0.3 is 0 Å². The summed E-state index contributed by atoms with van der Waals surface area (Å²) in [5, 5.41) is 4.15. The summed E-state index contributed by atoms with van der Waals surface area (Å²) in [6.45, 7) is 2.17. The molecule has 2 rings (SSSR count). The van der Waals surface area contributed by atoms with Crippen LogP contribution in [0.3, 0.4) is 0 Å². The Labute approximate surface area is 138 Å². The molecule has 2 aromatic heterocycles. The first-order chi connectivity index (χ1) is 11.1. The zero-order chi connectivity index (χ0) is 16.7. The van der Waals surface area contributed by atoms with E-state index in [1.165, 1.54) is 0 Å². The van der Waals surface area contributed by atoms with Gasteiger partial charge in [-0.15, -0.1) is 0 Å². The lowest BCUT2D eigenvalue weighted by molar-refractivity contribution is -0.132. The minimum Gasteiger partial charge on any atom is -0.339 e. The SMILES string of the molecule is CCCC[C@H](c1cccnc1)N(C)C(=O)CCc1ccnn1C. The molecular formula is C18H26N4O. The smallest absolute Gasteiger partial charge is 0.223 e. The molecule has 0 spiro atoms. The quantitative estimate of drug-likeness (QED) is 0.752. The number of aryl methyl sites for hydroxylation is 2. The number of hydrogen-bond donors (Lipinski definition) is 0. The third-order valence-corrected chi connectivity index (χ3v) is 4.28. The Hall–Kier alpha value is -2.17. The second-order valence-corrected chi connectivity index (χ2v) is 5.90. The van der Waals surface area contributed by atoms with Crippen molar-refractivity contribution in [3.8, 4) is 0 Å². The fraction of sp³-hybridized carbons (Fsp3) is 0.500. The molecule has 23 heavy (non-hydrogen) atoms. The van der Waals surface area contributed by atoms with Gasteiger partial charge in [-0.3, -0.25) is 14.5 Å². The van der Waals surface area contributed by atoms with Crippen LogP contribution in [0.1, 0.15) is 49.9 Å². The molecule has 0 aliphatic carbocycles. The molecule has 0 unspecified atom stereocenters. The number of amides is 1. The molecule has 0 fully saturated rings. The van der Waals surface area contributed by atoms with Crippen molar-refractivity contribution in [2.24, 2.45) is 7.05 Å². The van der Waals surface area contributed by atoms with E-state index in [4.69, 9.17) is 0 Å². The molecule has 0 radical (unpaired) electrons. The Morgan fingerprint density at radius 2 is 2.17 bits per heavy atom. The summed E-state index contributed by atoms with van der Waals surface area (Å²) >= 11 is 0. The van der Waals surface area contributed by atoms with Gasteiger partial charge in [-0.1, -0.05) is 25.8 Å². The number of carbonyl (C=O) groups excluding carboxylic acids is 1. The van der Waals surface area contributed by atoms with E-state index >= 15 is 0 Å². The third kappa shape index (κ3) is 4.65. The predicted octanol–water partition coefficient (Wildman–Crippen LogP) is 3.14. The largest absolute Gasteiger partial charge is 0.339 e. The Kier molecular flexibility index (Phi) is 6.32. The van der Waals surface area contributed by atoms with Crippen molar-refractivity contribution in [1.29, 1.82) is 0 Å². The van der Waals surface area contributed by atoms with Crippen LogP contribution in [0.2, 0.25) is 0 Å². The molecule has 0 aliphatic rings. The lowest BCUT2D eigenvalue weighted by atomic mass is 10.0. The van der Waals surface area contributed by atoms with Crippen LogP contribution in [-0.4, -0.2) is 32.6 Å². The number of pyridine rings is 1. The van der Waals surface area contributed by atoms with Crippen molar-refractivity contribution in [2.75, 3.05) is 7.05 Å². The molecule has 124 valence electrons. The van der Waals surface area contributed by atoms with Crippen molar-refractivity contribution in [2.45, 2.75) is 45.1 Å². The molecule has 5 heteroatoms. The topological polar surface area (TPSA) is 51.0 Å². The summed E-state index contributed by atoms with van der Waals surface area (Å²) in [7, 11) is 3.81. The van der Waals surface area contributed by atoms with Gasteiger partial charge in [-0.05, 0) is 30.5 Å². The first-order valence-corrected chi connectivity index (χ1v) is 8.26. The molecule has 2 heterocycles. The van der Waals surface area contributed by atoms with Crippen molar-refractivity contribution in [1.82, 2.24) is 19.7 Å². The Bertz CT molecular complexity index is 608.